The second-order valence-corrected chi connectivity index (χ2v) is 3.65. The predicted octanol–water partition coefficient (Wildman–Crippen LogP) is 2.93. The van der Waals surface area contributed by atoms with Crippen LogP contribution in [0.15, 0.2) is 12.1 Å². The molecule has 0 spiro atoms. The molecule has 16 heavy (non-hydrogen) atoms. The van der Waals surface area contributed by atoms with Gasteiger partial charge < -0.3 is 9.47 Å². The normalized spacial score (nSPS) is 10.2. The molecule has 0 aliphatic heterocycles. The van der Waals surface area contributed by atoms with Crippen LogP contribution >= 0.6 is 23.2 Å². The molecule has 88 valence electrons. The van der Waals surface area contributed by atoms with Gasteiger partial charge in [-0.3, -0.25) is 10.1 Å². The van der Waals surface area contributed by atoms with E-state index in [0.717, 1.165) is 6.07 Å². The zero-order chi connectivity index (χ0) is 12.1. The summed E-state index contributed by atoms with van der Waals surface area (Å²) < 4.78 is 9.93. The molecular weight excluding hydrogens is 257 g/mol. The SMILES string of the molecule is COCCOc1cc(Cl)c(Cl)cc1[N+](=O)[O-]. The van der Waals surface area contributed by atoms with Gasteiger partial charge in [0.15, 0.2) is 5.75 Å². The maximum atomic E-state index is 10.7. The molecule has 0 radical (unpaired) electrons. The highest BCUT2D eigenvalue weighted by Gasteiger charge is 2.18. The summed E-state index contributed by atoms with van der Waals surface area (Å²) in [5.41, 5.74) is -0.217. The third-order valence-corrected chi connectivity index (χ3v) is 2.47. The molecule has 0 fully saturated rings. The first-order valence-corrected chi connectivity index (χ1v) is 5.07. The zero-order valence-corrected chi connectivity index (χ0v) is 9.92. The lowest BCUT2D eigenvalue weighted by Crippen LogP contribution is -2.06. The second kappa shape index (κ2) is 5.89. The monoisotopic (exact) mass is 265 g/mol. The first kappa shape index (κ1) is 13.0. The Morgan fingerprint density at radius 1 is 1.31 bits per heavy atom. The summed E-state index contributed by atoms with van der Waals surface area (Å²) in [6, 6.07) is 2.48. The summed E-state index contributed by atoms with van der Waals surface area (Å²) in [6.45, 7) is 0.534. The van der Waals surface area contributed by atoms with E-state index in [1.54, 1.807) is 0 Å². The van der Waals surface area contributed by atoms with Crippen molar-refractivity contribution < 1.29 is 14.4 Å². The van der Waals surface area contributed by atoms with E-state index in [0.29, 0.717) is 6.61 Å². The molecule has 0 heterocycles. The molecule has 0 atom stereocenters. The summed E-state index contributed by atoms with van der Waals surface area (Å²) in [5.74, 6) is 0.0800. The lowest BCUT2D eigenvalue weighted by Gasteiger charge is -2.07. The first-order valence-electron chi connectivity index (χ1n) is 4.31. The fourth-order valence-electron chi connectivity index (χ4n) is 1.01. The lowest BCUT2D eigenvalue weighted by molar-refractivity contribution is -0.385. The van der Waals surface area contributed by atoms with E-state index in [1.165, 1.54) is 13.2 Å². The van der Waals surface area contributed by atoms with Crippen molar-refractivity contribution in [1.29, 1.82) is 0 Å². The van der Waals surface area contributed by atoms with E-state index in [1.807, 2.05) is 0 Å². The predicted molar refractivity (Wildman–Crippen MR) is 60.5 cm³/mol. The van der Waals surface area contributed by atoms with Crippen LogP contribution in [0.25, 0.3) is 0 Å². The lowest BCUT2D eigenvalue weighted by atomic mass is 10.3. The number of halogens is 2. The molecular formula is C9H9Cl2NO4. The molecule has 1 aromatic rings. The van der Waals surface area contributed by atoms with Gasteiger partial charge in [-0.2, -0.15) is 0 Å². The highest BCUT2D eigenvalue weighted by atomic mass is 35.5. The van der Waals surface area contributed by atoms with Crippen LogP contribution in [-0.2, 0) is 4.74 Å². The highest BCUT2D eigenvalue weighted by molar-refractivity contribution is 6.42. The van der Waals surface area contributed by atoms with Crippen LogP contribution in [0.5, 0.6) is 5.75 Å². The molecule has 0 bridgehead atoms. The van der Waals surface area contributed by atoms with Gasteiger partial charge in [-0.25, -0.2) is 0 Å². The number of hydrogen-bond acceptors (Lipinski definition) is 4. The Hall–Kier alpha value is -1.04. The van der Waals surface area contributed by atoms with Gasteiger partial charge in [0, 0.05) is 19.2 Å². The maximum absolute atomic E-state index is 10.7. The van der Waals surface area contributed by atoms with Crippen molar-refractivity contribution in [3.05, 3.63) is 32.3 Å². The summed E-state index contributed by atoms with van der Waals surface area (Å²) in [4.78, 5) is 10.1. The molecule has 0 unspecified atom stereocenters. The Labute approximate surface area is 102 Å². The zero-order valence-electron chi connectivity index (χ0n) is 8.41. The number of nitro groups is 1. The van der Waals surface area contributed by atoms with Crippen LogP contribution in [0.4, 0.5) is 5.69 Å². The molecule has 7 heteroatoms. The largest absolute Gasteiger partial charge is 0.484 e. The Morgan fingerprint density at radius 2 is 1.94 bits per heavy atom. The Balaban J connectivity index is 2.95. The van der Waals surface area contributed by atoms with Gasteiger partial charge in [0.25, 0.3) is 0 Å². The number of benzene rings is 1. The van der Waals surface area contributed by atoms with Crippen LogP contribution < -0.4 is 4.74 Å². The van der Waals surface area contributed by atoms with Crippen molar-refractivity contribution in [2.45, 2.75) is 0 Å². The number of nitrogens with zero attached hydrogens (tertiary/aromatic N) is 1. The molecule has 1 rings (SSSR count). The summed E-state index contributed by atoms with van der Waals surface area (Å²) in [5, 5.41) is 11.0. The van der Waals surface area contributed by atoms with Crippen molar-refractivity contribution in [2.24, 2.45) is 0 Å². The minimum Gasteiger partial charge on any atom is -0.484 e. The van der Waals surface area contributed by atoms with Crippen LogP contribution in [-0.4, -0.2) is 25.2 Å². The minimum absolute atomic E-state index is 0.0800. The number of ether oxygens (including phenoxy) is 2. The van der Waals surface area contributed by atoms with Gasteiger partial charge in [0.05, 0.1) is 21.6 Å². The summed E-state index contributed by atoms with van der Waals surface area (Å²) in [7, 11) is 1.51. The minimum atomic E-state index is -0.579. The number of methoxy groups -OCH3 is 1. The van der Waals surface area contributed by atoms with E-state index < -0.39 is 4.92 Å². The summed E-state index contributed by atoms with van der Waals surface area (Å²) >= 11 is 11.4. The van der Waals surface area contributed by atoms with Gasteiger partial charge in [-0.05, 0) is 0 Å². The van der Waals surface area contributed by atoms with Crippen molar-refractivity contribution in [3.8, 4) is 5.75 Å². The molecule has 0 amide bonds. The Bertz CT molecular complexity index is 397. The van der Waals surface area contributed by atoms with Gasteiger partial charge in [0.1, 0.15) is 6.61 Å². The third-order valence-electron chi connectivity index (χ3n) is 1.74. The quantitative estimate of drug-likeness (QED) is 0.467. The van der Waals surface area contributed by atoms with Crippen LogP contribution in [0, 0.1) is 10.1 Å². The van der Waals surface area contributed by atoms with Crippen LogP contribution in [0.1, 0.15) is 0 Å². The number of nitro benzene ring substituents is 1. The fraction of sp³-hybridized carbons (Fsp3) is 0.333. The molecule has 0 aliphatic carbocycles. The highest BCUT2D eigenvalue weighted by Crippen LogP contribution is 2.35. The number of rotatable bonds is 5. The van der Waals surface area contributed by atoms with Crippen LogP contribution in [0.3, 0.4) is 0 Å². The standard InChI is InChI=1S/C9H9Cl2NO4/c1-15-2-3-16-9-5-7(11)6(10)4-8(9)12(13)14/h4-5H,2-3H2,1H3. The Morgan fingerprint density at radius 3 is 2.50 bits per heavy atom. The Kier molecular flexibility index (Phi) is 4.79. The van der Waals surface area contributed by atoms with Crippen molar-refractivity contribution >= 4 is 28.9 Å². The van der Waals surface area contributed by atoms with E-state index in [2.05, 4.69) is 0 Å². The molecule has 0 N–H and O–H groups in total. The van der Waals surface area contributed by atoms with Gasteiger partial charge in [0.2, 0.25) is 0 Å². The first-order chi connectivity index (χ1) is 7.56. The smallest absolute Gasteiger partial charge is 0.312 e. The van der Waals surface area contributed by atoms with Gasteiger partial charge >= 0.3 is 5.69 Å². The van der Waals surface area contributed by atoms with E-state index in [9.17, 15) is 10.1 Å². The van der Waals surface area contributed by atoms with E-state index in [4.69, 9.17) is 32.7 Å². The second-order valence-electron chi connectivity index (χ2n) is 2.83. The van der Waals surface area contributed by atoms with Crippen molar-refractivity contribution in [1.82, 2.24) is 0 Å². The van der Waals surface area contributed by atoms with E-state index >= 15 is 0 Å². The average molecular weight is 266 g/mol. The number of hydrogen-bond donors (Lipinski definition) is 0. The molecule has 0 saturated carbocycles. The molecule has 0 saturated heterocycles. The van der Waals surface area contributed by atoms with E-state index in [-0.39, 0.29) is 28.1 Å². The molecule has 0 aromatic heterocycles. The average Bonchev–Trinajstić information content (AvgIpc) is 2.23. The van der Waals surface area contributed by atoms with Crippen molar-refractivity contribution in [3.63, 3.8) is 0 Å². The molecule has 0 aliphatic rings. The van der Waals surface area contributed by atoms with Gasteiger partial charge in [-0.1, -0.05) is 23.2 Å². The molecule has 5 nitrogen and oxygen atoms in total. The van der Waals surface area contributed by atoms with Gasteiger partial charge in [-0.15, -0.1) is 0 Å². The van der Waals surface area contributed by atoms with Crippen LogP contribution in [0.2, 0.25) is 10.0 Å². The fourth-order valence-corrected chi connectivity index (χ4v) is 1.32. The third kappa shape index (κ3) is 3.23. The van der Waals surface area contributed by atoms with Crippen molar-refractivity contribution in [2.75, 3.05) is 20.3 Å². The topological polar surface area (TPSA) is 61.6 Å². The molecule has 1 aromatic carbocycles. The maximum Gasteiger partial charge on any atom is 0.312 e. The summed E-state index contributed by atoms with van der Waals surface area (Å²) in [6.07, 6.45) is 0.